The molecule has 1 aliphatic heterocycles. The van der Waals surface area contributed by atoms with Gasteiger partial charge in [-0.1, -0.05) is 0 Å². The van der Waals surface area contributed by atoms with E-state index in [-0.39, 0.29) is 11.5 Å². The number of nitrogens with zero attached hydrogens (tertiary/aromatic N) is 3. The molecule has 1 aromatic carbocycles. The molecule has 2 heterocycles. The monoisotopic (exact) mass is 340 g/mol. The number of hydrogen-bond acceptors (Lipinski definition) is 6. The Balaban J connectivity index is 1.76. The molecule has 25 heavy (non-hydrogen) atoms. The summed E-state index contributed by atoms with van der Waals surface area (Å²) in [5, 5.41) is 14.4. The molecule has 0 spiro atoms. The average Bonchev–Trinajstić information content (AvgIpc) is 3.14. The number of nitro benzene ring substituents is 1. The molecule has 7 heteroatoms. The normalized spacial score (nSPS) is 13.7. The molecule has 1 saturated heterocycles. The van der Waals surface area contributed by atoms with Gasteiger partial charge < -0.3 is 10.2 Å². The Morgan fingerprint density at radius 3 is 2.72 bits per heavy atom. The maximum absolute atomic E-state index is 11.4. The van der Waals surface area contributed by atoms with Gasteiger partial charge in [0, 0.05) is 37.5 Å². The summed E-state index contributed by atoms with van der Waals surface area (Å²) in [4.78, 5) is 28.9. The number of aromatic nitrogens is 1. The summed E-state index contributed by atoms with van der Waals surface area (Å²) in [6.07, 6.45) is 4.12. The van der Waals surface area contributed by atoms with Crippen LogP contribution in [0.2, 0.25) is 0 Å². The Morgan fingerprint density at radius 1 is 1.28 bits per heavy atom. The van der Waals surface area contributed by atoms with E-state index >= 15 is 0 Å². The summed E-state index contributed by atoms with van der Waals surface area (Å²) in [6, 6.07) is 8.39. The zero-order valence-corrected chi connectivity index (χ0v) is 14.1. The van der Waals surface area contributed by atoms with Crippen molar-refractivity contribution < 1.29 is 9.72 Å². The molecule has 0 radical (unpaired) electrons. The molecule has 7 nitrogen and oxygen atoms in total. The van der Waals surface area contributed by atoms with Crippen LogP contribution in [0.1, 0.15) is 35.7 Å². The van der Waals surface area contributed by atoms with Crippen molar-refractivity contribution in [3.05, 3.63) is 57.8 Å². The largest absolute Gasteiger partial charge is 0.375 e. The topological polar surface area (TPSA) is 88.4 Å². The van der Waals surface area contributed by atoms with Crippen LogP contribution in [0.15, 0.2) is 36.5 Å². The molecule has 0 saturated carbocycles. The standard InChI is InChI=1S/C18H20N4O3/c1-13(23)15-4-5-16(17(11-15)22(24)25)20-12-14-6-7-19-18(10-14)21-8-2-3-9-21/h4-7,10-11,20H,2-3,8-9,12H2,1H3. The second kappa shape index (κ2) is 7.29. The van der Waals surface area contributed by atoms with Crippen LogP contribution >= 0.6 is 0 Å². The van der Waals surface area contributed by atoms with Crippen LogP contribution in [0.25, 0.3) is 0 Å². The Labute approximate surface area is 145 Å². The lowest BCUT2D eigenvalue weighted by molar-refractivity contribution is -0.384. The van der Waals surface area contributed by atoms with E-state index in [4.69, 9.17) is 0 Å². The number of pyridine rings is 1. The van der Waals surface area contributed by atoms with Gasteiger partial charge in [-0.05, 0) is 49.6 Å². The van der Waals surface area contributed by atoms with E-state index in [0.717, 1.165) is 24.5 Å². The van der Waals surface area contributed by atoms with Crippen molar-refractivity contribution in [2.75, 3.05) is 23.3 Å². The third kappa shape index (κ3) is 3.93. The molecular weight excluding hydrogens is 320 g/mol. The van der Waals surface area contributed by atoms with E-state index in [1.807, 2.05) is 12.1 Å². The van der Waals surface area contributed by atoms with Crippen molar-refractivity contribution in [2.45, 2.75) is 26.3 Å². The lowest BCUT2D eigenvalue weighted by atomic mass is 10.1. The summed E-state index contributed by atoms with van der Waals surface area (Å²) < 4.78 is 0. The lowest BCUT2D eigenvalue weighted by Crippen LogP contribution is -2.19. The van der Waals surface area contributed by atoms with Gasteiger partial charge in [-0.25, -0.2) is 4.98 Å². The fourth-order valence-corrected chi connectivity index (χ4v) is 2.94. The van der Waals surface area contributed by atoms with E-state index in [1.54, 1.807) is 18.3 Å². The fraction of sp³-hybridized carbons (Fsp3) is 0.333. The van der Waals surface area contributed by atoms with Crippen LogP contribution in [0.4, 0.5) is 17.2 Å². The number of anilines is 2. The number of carbonyl (C=O) groups excluding carboxylic acids is 1. The van der Waals surface area contributed by atoms with Gasteiger partial charge in [0.2, 0.25) is 0 Å². The Kier molecular flexibility index (Phi) is 4.92. The van der Waals surface area contributed by atoms with Crippen LogP contribution in [-0.2, 0) is 6.54 Å². The Morgan fingerprint density at radius 2 is 2.04 bits per heavy atom. The highest BCUT2D eigenvalue weighted by Gasteiger charge is 2.17. The Bertz CT molecular complexity index is 801. The van der Waals surface area contributed by atoms with E-state index < -0.39 is 4.92 Å². The number of hydrogen-bond donors (Lipinski definition) is 1. The average molecular weight is 340 g/mol. The van der Waals surface area contributed by atoms with Gasteiger partial charge in [-0.3, -0.25) is 14.9 Å². The first-order valence-electron chi connectivity index (χ1n) is 8.28. The summed E-state index contributed by atoms with van der Waals surface area (Å²) in [7, 11) is 0. The SMILES string of the molecule is CC(=O)c1ccc(NCc2ccnc(N3CCCC3)c2)c([N+](=O)[O-])c1. The second-order valence-electron chi connectivity index (χ2n) is 6.12. The summed E-state index contributed by atoms with van der Waals surface area (Å²) in [5.41, 5.74) is 1.63. The zero-order chi connectivity index (χ0) is 17.8. The maximum atomic E-state index is 11.4. The molecule has 0 aliphatic carbocycles. The van der Waals surface area contributed by atoms with Gasteiger partial charge >= 0.3 is 0 Å². The van der Waals surface area contributed by atoms with Crippen LogP contribution in [0.5, 0.6) is 0 Å². The van der Waals surface area contributed by atoms with E-state index in [2.05, 4.69) is 15.2 Å². The second-order valence-corrected chi connectivity index (χ2v) is 6.12. The molecule has 1 aliphatic rings. The smallest absolute Gasteiger partial charge is 0.293 e. The summed E-state index contributed by atoms with van der Waals surface area (Å²) in [5.74, 6) is 0.747. The van der Waals surface area contributed by atoms with E-state index in [1.165, 1.54) is 25.8 Å². The number of carbonyl (C=O) groups is 1. The first kappa shape index (κ1) is 16.9. The molecule has 1 fully saturated rings. The number of nitro groups is 1. The quantitative estimate of drug-likeness (QED) is 0.492. The molecular formula is C18H20N4O3. The van der Waals surface area contributed by atoms with Crippen LogP contribution in [0, 0.1) is 10.1 Å². The first-order valence-corrected chi connectivity index (χ1v) is 8.28. The summed E-state index contributed by atoms with van der Waals surface area (Å²) in [6.45, 7) is 3.87. The molecule has 130 valence electrons. The van der Waals surface area contributed by atoms with Crippen molar-refractivity contribution in [1.29, 1.82) is 0 Å². The van der Waals surface area contributed by atoms with Gasteiger partial charge in [0.25, 0.3) is 5.69 Å². The Hall–Kier alpha value is -2.96. The van der Waals surface area contributed by atoms with Crippen molar-refractivity contribution in [3.8, 4) is 0 Å². The van der Waals surface area contributed by atoms with Crippen molar-refractivity contribution in [3.63, 3.8) is 0 Å². The summed E-state index contributed by atoms with van der Waals surface area (Å²) >= 11 is 0. The minimum absolute atomic E-state index is 0.0958. The van der Waals surface area contributed by atoms with Gasteiger partial charge in [0.05, 0.1) is 4.92 Å². The molecule has 1 N–H and O–H groups in total. The van der Waals surface area contributed by atoms with Crippen LogP contribution in [-0.4, -0.2) is 28.8 Å². The number of nitrogens with one attached hydrogen (secondary N) is 1. The highest BCUT2D eigenvalue weighted by atomic mass is 16.6. The third-order valence-electron chi connectivity index (χ3n) is 4.32. The third-order valence-corrected chi connectivity index (χ3v) is 4.32. The molecule has 3 rings (SSSR count). The maximum Gasteiger partial charge on any atom is 0.293 e. The lowest BCUT2D eigenvalue weighted by Gasteiger charge is -2.17. The fourth-order valence-electron chi connectivity index (χ4n) is 2.94. The minimum atomic E-state index is -0.475. The van der Waals surface area contributed by atoms with E-state index in [9.17, 15) is 14.9 Å². The predicted octanol–water partition coefficient (Wildman–Crippen LogP) is 3.40. The molecule has 2 aromatic rings. The molecule has 0 bridgehead atoms. The van der Waals surface area contributed by atoms with Crippen LogP contribution < -0.4 is 10.2 Å². The van der Waals surface area contributed by atoms with Gasteiger partial charge in [0.15, 0.2) is 5.78 Å². The first-order chi connectivity index (χ1) is 12.0. The van der Waals surface area contributed by atoms with Gasteiger partial charge in [-0.15, -0.1) is 0 Å². The van der Waals surface area contributed by atoms with Crippen LogP contribution in [0.3, 0.4) is 0 Å². The van der Waals surface area contributed by atoms with Crippen molar-refractivity contribution >= 4 is 23.0 Å². The predicted molar refractivity (Wildman–Crippen MR) is 96.1 cm³/mol. The molecule has 0 amide bonds. The van der Waals surface area contributed by atoms with Crippen molar-refractivity contribution in [2.24, 2.45) is 0 Å². The van der Waals surface area contributed by atoms with Crippen molar-refractivity contribution in [1.82, 2.24) is 4.98 Å². The zero-order valence-electron chi connectivity index (χ0n) is 14.1. The van der Waals surface area contributed by atoms with Gasteiger partial charge in [-0.2, -0.15) is 0 Å². The number of benzene rings is 1. The number of Topliss-reactive ketones (excluding diaryl/α,β-unsaturated/α-hetero) is 1. The molecule has 1 aromatic heterocycles. The number of ketones is 1. The highest BCUT2D eigenvalue weighted by Crippen LogP contribution is 2.27. The molecule has 0 unspecified atom stereocenters. The highest BCUT2D eigenvalue weighted by molar-refractivity contribution is 5.95. The minimum Gasteiger partial charge on any atom is -0.375 e. The molecule has 0 atom stereocenters. The van der Waals surface area contributed by atoms with Gasteiger partial charge in [0.1, 0.15) is 11.5 Å². The van der Waals surface area contributed by atoms with E-state index in [0.29, 0.717) is 17.8 Å². The number of rotatable bonds is 6.